The summed E-state index contributed by atoms with van der Waals surface area (Å²) in [5.41, 5.74) is 2.76. The Morgan fingerprint density at radius 1 is 1.20 bits per heavy atom. The van der Waals surface area contributed by atoms with Crippen LogP contribution in [0, 0.1) is 5.92 Å². The van der Waals surface area contributed by atoms with Crippen molar-refractivity contribution in [3.05, 3.63) is 35.4 Å². The van der Waals surface area contributed by atoms with Crippen LogP contribution in [0.5, 0.6) is 0 Å². The van der Waals surface area contributed by atoms with E-state index in [9.17, 15) is 0 Å². The molecule has 0 fully saturated rings. The number of ether oxygens (including phenoxy) is 2. The Kier molecular flexibility index (Phi) is 6.85. The second-order valence-electron chi connectivity index (χ2n) is 5.50. The van der Waals surface area contributed by atoms with E-state index in [4.69, 9.17) is 21.1 Å². The molecule has 0 spiro atoms. The molecule has 2 unspecified atom stereocenters. The van der Waals surface area contributed by atoms with Gasteiger partial charge in [0.05, 0.1) is 5.38 Å². The molecule has 0 bridgehead atoms. The molecule has 0 N–H and O–H groups in total. The van der Waals surface area contributed by atoms with Crippen LogP contribution in [-0.2, 0) is 15.9 Å². The second-order valence-corrected chi connectivity index (χ2v) is 5.97. The van der Waals surface area contributed by atoms with Crippen LogP contribution in [0.1, 0.15) is 42.2 Å². The highest BCUT2D eigenvalue weighted by Gasteiger charge is 2.25. The third kappa shape index (κ3) is 4.47. The number of fused-ring (bicyclic) bond motifs is 1. The standard InChI is InChI=1S/C17H25ClO2/c1-19-11-5-12-20-13-10-15-8-4-7-14-6-2-3-9-16(14)17(15)18/h2-3,6,9,15,17H,4-5,7-8,10-13H2,1H3. The van der Waals surface area contributed by atoms with Gasteiger partial charge in [0, 0.05) is 26.9 Å². The van der Waals surface area contributed by atoms with E-state index in [0.717, 1.165) is 39.1 Å². The lowest BCUT2D eigenvalue weighted by molar-refractivity contribution is 0.0925. The van der Waals surface area contributed by atoms with Crippen LogP contribution in [-0.4, -0.2) is 26.9 Å². The number of halogens is 1. The summed E-state index contributed by atoms with van der Waals surface area (Å²) in [6.07, 6.45) is 5.60. The Morgan fingerprint density at radius 2 is 2.05 bits per heavy atom. The van der Waals surface area contributed by atoms with Crippen molar-refractivity contribution in [3.8, 4) is 0 Å². The summed E-state index contributed by atoms with van der Waals surface area (Å²) >= 11 is 6.70. The SMILES string of the molecule is COCCCOCCC1CCCc2ccccc2C1Cl. The van der Waals surface area contributed by atoms with Crippen molar-refractivity contribution in [1.82, 2.24) is 0 Å². The number of hydrogen-bond donors (Lipinski definition) is 0. The highest BCUT2D eigenvalue weighted by atomic mass is 35.5. The monoisotopic (exact) mass is 296 g/mol. The topological polar surface area (TPSA) is 18.5 Å². The van der Waals surface area contributed by atoms with Crippen molar-refractivity contribution in [2.45, 2.75) is 37.5 Å². The van der Waals surface area contributed by atoms with E-state index in [0.29, 0.717) is 5.92 Å². The smallest absolute Gasteiger partial charge is 0.0616 e. The highest BCUT2D eigenvalue weighted by Crippen LogP contribution is 2.39. The van der Waals surface area contributed by atoms with Gasteiger partial charge >= 0.3 is 0 Å². The van der Waals surface area contributed by atoms with Gasteiger partial charge in [-0.3, -0.25) is 0 Å². The molecule has 0 aliphatic heterocycles. The summed E-state index contributed by atoms with van der Waals surface area (Å²) in [7, 11) is 1.72. The Labute approximate surface area is 127 Å². The fourth-order valence-corrected chi connectivity index (χ4v) is 3.38. The molecule has 0 radical (unpaired) electrons. The molecule has 2 rings (SSSR count). The van der Waals surface area contributed by atoms with Gasteiger partial charge in [0.15, 0.2) is 0 Å². The van der Waals surface area contributed by atoms with E-state index in [1.54, 1.807) is 7.11 Å². The highest BCUT2D eigenvalue weighted by molar-refractivity contribution is 6.21. The van der Waals surface area contributed by atoms with Crippen LogP contribution >= 0.6 is 11.6 Å². The molecule has 1 aliphatic rings. The molecule has 112 valence electrons. The predicted molar refractivity (Wildman–Crippen MR) is 83.4 cm³/mol. The van der Waals surface area contributed by atoms with E-state index in [1.807, 2.05) is 0 Å². The molecular formula is C17H25ClO2. The lowest BCUT2D eigenvalue weighted by atomic mass is 9.93. The summed E-state index contributed by atoms with van der Waals surface area (Å²) in [5.74, 6) is 0.530. The minimum absolute atomic E-state index is 0.135. The van der Waals surface area contributed by atoms with Crippen molar-refractivity contribution in [1.29, 1.82) is 0 Å². The summed E-state index contributed by atoms with van der Waals surface area (Å²) in [5, 5.41) is 0.135. The molecule has 0 saturated heterocycles. The van der Waals surface area contributed by atoms with Crippen LogP contribution in [0.3, 0.4) is 0 Å². The van der Waals surface area contributed by atoms with Crippen molar-refractivity contribution < 1.29 is 9.47 Å². The molecule has 0 aromatic heterocycles. The normalized spacial score (nSPS) is 22.3. The number of aryl methyl sites for hydroxylation is 1. The van der Waals surface area contributed by atoms with E-state index in [2.05, 4.69) is 24.3 Å². The van der Waals surface area contributed by atoms with Crippen molar-refractivity contribution >= 4 is 11.6 Å². The first-order chi connectivity index (χ1) is 9.83. The predicted octanol–water partition coefficient (Wildman–Crippen LogP) is 4.36. The zero-order valence-corrected chi connectivity index (χ0v) is 13.1. The van der Waals surface area contributed by atoms with Crippen molar-refractivity contribution in [3.63, 3.8) is 0 Å². The van der Waals surface area contributed by atoms with Crippen molar-refractivity contribution in [2.24, 2.45) is 5.92 Å². The van der Waals surface area contributed by atoms with Gasteiger partial charge in [0.1, 0.15) is 0 Å². The van der Waals surface area contributed by atoms with E-state index < -0.39 is 0 Å². The summed E-state index contributed by atoms with van der Waals surface area (Å²) < 4.78 is 10.7. The van der Waals surface area contributed by atoms with Crippen LogP contribution in [0.25, 0.3) is 0 Å². The van der Waals surface area contributed by atoms with Crippen LogP contribution < -0.4 is 0 Å². The maximum Gasteiger partial charge on any atom is 0.0616 e. The van der Waals surface area contributed by atoms with E-state index in [1.165, 1.54) is 24.0 Å². The molecule has 1 aromatic carbocycles. The van der Waals surface area contributed by atoms with Gasteiger partial charge < -0.3 is 9.47 Å². The molecule has 1 aromatic rings. The Hall–Kier alpha value is -0.570. The number of hydrogen-bond acceptors (Lipinski definition) is 2. The average molecular weight is 297 g/mol. The first kappa shape index (κ1) is 15.8. The Balaban J connectivity index is 1.80. The van der Waals surface area contributed by atoms with Crippen LogP contribution in [0.4, 0.5) is 0 Å². The quantitative estimate of drug-likeness (QED) is 0.423. The summed E-state index contributed by atoms with van der Waals surface area (Å²) in [6, 6.07) is 8.61. The Bertz CT molecular complexity index is 394. The van der Waals surface area contributed by atoms with Crippen molar-refractivity contribution in [2.75, 3.05) is 26.9 Å². The lowest BCUT2D eigenvalue weighted by Crippen LogP contribution is -2.11. The van der Waals surface area contributed by atoms with Gasteiger partial charge in [-0.05, 0) is 49.1 Å². The molecule has 3 heteroatoms. The zero-order chi connectivity index (χ0) is 14.2. The Morgan fingerprint density at radius 3 is 2.90 bits per heavy atom. The first-order valence-electron chi connectivity index (χ1n) is 7.61. The molecule has 2 nitrogen and oxygen atoms in total. The third-order valence-corrected chi connectivity index (χ3v) is 4.65. The number of alkyl halides is 1. The molecule has 1 aliphatic carbocycles. The molecule has 2 atom stereocenters. The van der Waals surface area contributed by atoms with Gasteiger partial charge in [0.25, 0.3) is 0 Å². The second kappa shape index (κ2) is 8.66. The molecule has 0 heterocycles. The molecule has 0 amide bonds. The molecular weight excluding hydrogens is 272 g/mol. The average Bonchev–Trinajstić information content (AvgIpc) is 2.63. The largest absolute Gasteiger partial charge is 0.385 e. The van der Waals surface area contributed by atoms with Gasteiger partial charge in [-0.1, -0.05) is 24.3 Å². The van der Waals surface area contributed by atoms with Crippen LogP contribution in [0.15, 0.2) is 24.3 Å². The van der Waals surface area contributed by atoms with Gasteiger partial charge in [-0.2, -0.15) is 0 Å². The van der Waals surface area contributed by atoms with E-state index >= 15 is 0 Å². The minimum Gasteiger partial charge on any atom is -0.385 e. The molecule has 0 saturated carbocycles. The third-order valence-electron chi connectivity index (χ3n) is 4.06. The number of rotatable bonds is 7. The van der Waals surface area contributed by atoms with E-state index in [-0.39, 0.29) is 5.38 Å². The molecule has 20 heavy (non-hydrogen) atoms. The van der Waals surface area contributed by atoms with Gasteiger partial charge in [-0.25, -0.2) is 0 Å². The fraction of sp³-hybridized carbons (Fsp3) is 0.647. The first-order valence-corrected chi connectivity index (χ1v) is 8.05. The van der Waals surface area contributed by atoms with Gasteiger partial charge in [-0.15, -0.1) is 11.6 Å². The maximum absolute atomic E-state index is 6.70. The minimum atomic E-state index is 0.135. The van der Waals surface area contributed by atoms with Gasteiger partial charge in [0.2, 0.25) is 0 Å². The summed E-state index contributed by atoms with van der Waals surface area (Å²) in [6.45, 7) is 2.36. The number of methoxy groups -OCH3 is 1. The number of benzene rings is 1. The lowest BCUT2D eigenvalue weighted by Gasteiger charge is -2.21. The summed E-state index contributed by atoms with van der Waals surface area (Å²) in [4.78, 5) is 0. The maximum atomic E-state index is 6.70. The zero-order valence-electron chi connectivity index (χ0n) is 12.3. The van der Waals surface area contributed by atoms with Crippen LogP contribution in [0.2, 0.25) is 0 Å². The fourth-order valence-electron chi connectivity index (χ4n) is 2.92.